The van der Waals surface area contributed by atoms with Crippen molar-refractivity contribution >= 4 is 17.8 Å². The third-order valence-electron chi connectivity index (χ3n) is 4.34. The zero-order chi connectivity index (χ0) is 18.6. The van der Waals surface area contributed by atoms with Gasteiger partial charge in [0.05, 0.1) is 7.11 Å². The summed E-state index contributed by atoms with van der Waals surface area (Å²) in [6, 6.07) is 23.4. The summed E-state index contributed by atoms with van der Waals surface area (Å²) in [7, 11) is -2.17. The van der Waals surface area contributed by atoms with Crippen LogP contribution in [0.5, 0.6) is 5.75 Å². The zero-order valence-electron chi connectivity index (χ0n) is 14.3. The molecule has 3 rings (SSSR count). The van der Waals surface area contributed by atoms with Crippen LogP contribution >= 0.6 is 7.14 Å². The summed E-state index contributed by atoms with van der Waals surface area (Å²) >= 11 is 0. The van der Waals surface area contributed by atoms with Crippen LogP contribution in [0, 0.1) is 0 Å². The molecule has 26 heavy (non-hydrogen) atoms. The van der Waals surface area contributed by atoms with Gasteiger partial charge >= 0.3 is 0 Å². The molecular weight excluding hydrogens is 350 g/mol. The fourth-order valence-corrected chi connectivity index (χ4v) is 5.56. The Kier molecular flexibility index (Phi) is 5.55. The Morgan fingerprint density at radius 3 is 1.73 bits per heavy atom. The van der Waals surface area contributed by atoms with Gasteiger partial charge in [0, 0.05) is 10.6 Å². The zero-order valence-corrected chi connectivity index (χ0v) is 15.2. The lowest BCUT2D eigenvalue weighted by Crippen LogP contribution is -2.27. The Hall–Kier alpha value is -2.42. The molecule has 0 aliphatic rings. The Labute approximate surface area is 152 Å². The minimum Gasteiger partial charge on any atom is -0.497 e. The van der Waals surface area contributed by atoms with Crippen molar-refractivity contribution in [3.05, 3.63) is 90.5 Å². The second kappa shape index (κ2) is 7.86. The van der Waals surface area contributed by atoms with Crippen LogP contribution in [-0.4, -0.2) is 18.1 Å². The van der Waals surface area contributed by atoms with E-state index in [1.165, 1.54) is 7.11 Å². The van der Waals surface area contributed by atoms with E-state index in [9.17, 15) is 9.67 Å². The number of rotatable bonds is 6. The number of hydrogen-bond donors (Lipinski definition) is 1. The first-order valence-corrected chi connectivity index (χ1v) is 10.0. The van der Waals surface area contributed by atoms with E-state index in [0.29, 0.717) is 21.9 Å². The summed E-state index contributed by atoms with van der Waals surface area (Å²) in [5.41, 5.74) is 0.352. The van der Waals surface area contributed by atoms with Crippen LogP contribution in [0.15, 0.2) is 84.9 Å². The molecule has 0 amide bonds. The minimum absolute atomic E-state index is 0.352. The number of methoxy groups -OCH3 is 1. The topological polar surface area (TPSA) is 46.5 Å². The van der Waals surface area contributed by atoms with E-state index in [-0.39, 0.29) is 0 Å². The average molecular weight is 370 g/mol. The molecule has 0 heterocycles. The van der Waals surface area contributed by atoms with E-state index in [1.54, 1.807) is 84.9 Å². The van der Waals surface area contributed by atoms with Crippen LogP contribution in [0.1, 0.15) is 11.7 Å². The molecular formula is C21H20FO3P. The van der Waals surface area contributed by atoms with E-state index in [4.69, 9.17) is 4.74 Å². The van der Waals surface area contributed by atoms with E-state index < -0.39 is 19.2 Å². The Bertz CT molecular complexity index is 839. The maximum absolute atomic E-state index is 15.5. The van der Waals surface area contributed by atoms with Crippen LogP contribution in [0.25, 0.3) is 0 Å². The normalized spacial score (nSPS) is 13.8. The van der Waals surface area contributed by atoms with Crippen molar-refractivity contribution < 1.29 is 18.8 Å². The largest absolute Gasteiger partial charge is 0.497 e. The van der Waals surface area contributed by atoms with Crippen molar-refractivity contribution in [1.29, 1.82) is 0 Å². The molecule has 0 bridgehead atoms. The molecule has 2 atom stereocenters. The molecule has 0 saturated carbocycles. The second-order valence-electron chi connectivity index (χ2n) is 5.92. The summed E-state index contributed by atoms with van der Waals surface area (Å²) < 4.78 is 34.5. The van der Waals surface area contributed by atoms with Gasteiger partial charge in [0.1, 0.15) is 11.9 Å². The first-order chi connectivity index (χ1) is 12.6. The summed E-state index contributed by atoms with van der Waals surface area (Å²) in [5, 5.41) is 11.4. The highest BCUT2D eigenvalue weighted by Crippen LogP contribution is 2.53. The van der Waals surface area contributed by atoms with Gasteiger partial charge in [-0.3, -0.25) is 0 Å². The highest BCUT2D eigenvalue weighted by Gasteiger charge is 2.42. The summed E-state index contributed by atoms with van der Waals surface area (Å²) in [4.78, 5) is 0. The Morgan fingerprint density at radius 1 is 0.846 bits per heavy atom. The Balaban J connectivity index is 2.05. The predicted octanol–water partition coefficient (Wildman–Crippen LogP) is 4.04. The quantitative estimate of drug-likeness (QED) is 0.666. The van der Waals surface area contributed by atoms with Gasteiger partial charge in [0.2, 0.25) is 0 Å². The van der Waals surface area contributed by atoms with E-state index in [2.05, 4.69) is 0 Å². The molecule has 0 aliphatic heterocycles. The molecule has 134 valence electrons. The summed E-state index contributed by atoms with van der Waals surface area (Å²) in [6.07, 6.45) is -1.52. The molecule has 0 spiro atoms. The SMILES string of the molecule is COc1ccc([C@@H](O)[C@H](F)P(=O)(c2ccccc2)c2ccccc2)cc1. The van der Waals surface area contributed by atoms with Crippen LogP contribution in [0.2, 0.25) is 0 Å². The third kappa shape index (κ3) is 3.44. The average Bonchev–Trinajstić information content (AvgIpc) is 2.73. The van der Waals surface area contributed by atoms with Gasteiger partial charge in [-0.2, -0.15) is 0 Å². The lowest BCUT2D eigenvalue weighted by Gasteiger charge is -2.27. The van der Waals surface area contributed by atoms with Crippen LogP contribution in [-0.2, 0) is 4.57 Å². The van der Waals surface area contributed by atoms with Crippen molar-refractivity contribution in [2.75, 3.05) is 7.11 Å². The molecule has 5 heteroatoms. The molecule has 3 nitrogen and oxygen atoms in total. The molecule has 3 aromatic carbocycles. The highest BCUT2D eigenvalue weighted by atomic mass is 31.2. The minimum atomic E-state index is -3.70. The van der Waals surface area contributed by atoms with Gasteiger partial charge in [-0.25, -0.2) is 4.39 Å². The van der Waals surface area contributed by atoms with Crippen molar-refractivity contribution in [2.24, 2.45) is 0 Å². The summed E-state index contributed by atoms with van der Waals surface area (Å²) in [6.45, 7) is 0. The number of aliphatic hydroxyl groups is 1. The molecule has 0 aliphatic carbocycles. The van der Waals surface area contributed by atoms with Crippen molar-refractivity contribution in [1.82, 2.24) is 0 Å². The highest BCUT2D eigenvalue weighted by molar-refractivity contribution is 7.79. The number of aliphatic hydroxyl groups excluding tert-OH is 1. The standard InChI is InChI=1S/C21H20FO3P/c1-25-17-14-12-16(13-15-17)20(23)21(22)26(24,18-8-4-2-5-9-18)19-10-6-3-7-11-19/h2-15,20-21,23H,1H3/t20-,21-/m1/s1. The molecule has 1 N–H and O–H groups in total. The Morgan fingerprint density at radius 2 is 1.31 bits per heavy atom. The van der Waals surface area contributed by atoms with Gasteiger partial charge in [-0.1, -0.05) is 72.8 Å². The lowest BCUT2D eigenvalue weighted by molar-refractivity contribution is 0.119. The van der Waals surface area contributed by atoms with E-state index in [0.717, 1.165) is 0 Å². The number of hydrogen-bond acceptors (Lipinski definition) is 3. The number of ether oxygens (including phenoxy) is 1. The molecule has 0 aromatic heterocycles. The maximum atomic E-state index is 15.5. The first kappa shape index (κ1) is 18.4. The van der Waals surface area contributed by atoms with Crippen LogP contribution in [0.4, 0.5) is 4.39 Å². The fourth-order valence-electron chi connectivity index (χ4n) is 2.89. The number of alkyl halides is 1. The van der Waals surface area contributed by atoms with Gasteiger partial charge in [0.15, 0.2) is 13.1 Å². The molecule has 0 fully saturated rings. The van der Waals surface area contributed by atoms with E-state index in [1.807, 2.05) is 0 Å². The van der Waals surface area contributed by atoms with Crippen molar-refractivity contribution in [2.45, 2.75) is 12.0 Å². The van der Waals surface area contributed by atoms with Crippen LogP contribution in [0.3, 0.4) is 0 Å². The monoisotopic (exact) mass is 370 g/mol. The first-order valence-electron chi connectivity index (χ1n) is 8.24. The van der Waals surface area contributed by atoms with E-state index >= 15 is 4.39 Å². The summed E-state index contributed by atoms with van der Waals surface area (Å²) in [5.74, 6) is -1.37. The molecule has 3 aromatic rings. The third-order valence-corrected chi connectivity index (χ3v) is 7.45. The van der Waals surface area contributed by atoms with Crippen molar-refractivity contribution in [3.8, 4) is 5.75 Å². The van der Waals surface area contributed by atoms with Crippen molar-refractivity contribution in [3.63, 3.8) is 0 Å². The number of halogens is 1. The van der Waals surface area contributed by atoms with Gasteiger partial charge in [0.25, 0.3) is 0 Å². The van der Waals surface area contributed by atoms with Gasteiger partial charge < -0.3 is 14.4 Å². The smallest absolute Gasteiger partial charge is 0.190 e. The van der Waals surface area contributed by atoms with Gasteiger partial charge in [-0.15, -0.1) is 0 Å². The van der Waals surface area contributed by atoms with Crippen LogP contribution < -0.4 is 15.3 Å². The fraction of sp³-hybridized carbons (Fsp3) is 0.143. The number of benzene rings is 3. The molecule has 0 saturated heterocycles. The molecule has 0 radical (unpaired) electrons. The van der Waals surface area contributed by atoms with Gasteiger partial charge in [-0.05, 0) is 17.7 Å². The second-order valence-corrected chi connectivity index (χ2v) is 8.76. The maximum Gasteiger partial charge on any atom is 0.190 e. The predicted molar refractivity (Wildman–Crippen MR) is 103 cm³/mol. The lowest BCUT2D eigenvalue weighted by atomic mass is 10.1. The molecule has 0 unspecified atom stereocenters.